The first-order valence-corrected chi connectivity index (χ1v) is 8.69. The van der Waals surface area contributed by atoms with Gasteiger partial charge in [0.05, 0.1) is 7.11 Å². The van der Waals surface area contributed by atoms with E-state index in [1.807, 2.05) is 11.8 Å². The van der Waals surface area contributed by atoms with Crippen molar-refractivity contribution in [3.05, 3.63) is 15.6 Å². The Balaban J connectivity index is 2.04. The van der Waals surface area contributed by atoms with E-state index < -0.39 is 5.97 Å². The van der Waals surface area contributed by atoms with Gasteiger partial charge in [0, 0.05) is 17.9 Å². The Labute approximate surface area is 127 Å². The van der Waals surface area contributed by atoms with Crippen molar-refractivity contribution >= 4 is 34.9 Å². The van der Waals surface area contributed by atoms with E-state index in [1.54, 1.807) is 0 Å². The third kappa shape index (κ3) is 3.82. The number of carbonyl (C=O) groups excluding carboxylic acids is 2. The highest BCUT2D eigenvalue weighted by Crippen LogP contribution is 2.32. The van der Waals surface area contributed by atoms with Crippen LogP contribution in [-0.2, 0) is 10.5 Å². The molecule has 2 rings (SSSR count). The number of rotatable bonds is 5. The van der Waals surface area contributed by atoms with Crippen LogP contribution in [0.2, 0.25) is 0 Å². The van der Waals surface area contributed by atoms with Gasteiger partial charge in [-0.3, -0.25) is 4.79 Å². The topological polar surface area (TPSA) is 56.3 Å². The number of ketones is 1. The van der Waals surface area contributed by atoms with Crippen molar-refractivity contribution in [3.8, 4) is 0 Å². The number of carbonyl (C=O) groups is 2. The second-order valence-electron chi connectivity index (χ2n) is 4.90. The summed E-state index contributed by atoms with van der Waals surface area (Å²) in [6.07, 6.45) is 6.48. The number of thiazole rings is 1. The summed E-state index contributed by atoms with van der Waals surface area (Å²) in [4.78, 5) is 27.9. The summed E-state index contributed by atoms with van der Waals surface area (Å²) >= 11 is 3.21. The lowest BCUT2D eigenvalue weighted by molar-refractivity contribution is 0.0591. The standard InChI is InChI=1S/C14H19NO3S2/c1-9(16)13-12(14(17)18-2)15-11(20-13)8-19-10-6-4-3-5-7-10/h10H,3-8H2,1-2H3. The van der Waals surface area contributed by atoms with E-state index in [9.17, 15) is 9.59 Å². The van der Waals surface area contributed by atoms with Gasteiger partial charge >= 0.3 is 5.97 Å². The average Bonchev–Trinajstić information content (AvgIpc) is 2.90. The normalized spacial score (nSPS) is 16.1. The average molecular weight is 313 g/mol. The zero-order valence-electron chi connectivity index (χ0n) is 11.8. The third-order valence-electron chi connectivity index (χ3n) is 3.36. The van der Waals surface area contributed by atoms with Gasteiger partial charge in [-0.05, 0) is 12.8 Å². The van der Waals surface area contributed by atoms with Gasteiger partial charge in [0.25, 0.3) is 0 Å². The van der Waals surface area contributed by atoms with Gasteiger partial charge in [-0.25, -0.2) is 9.78 Å². The molecule has 1 aliphatic carbocycles. The minimum Gasteiger partial charge on any atom is -0.464 e. The molecule has 1 aromatic rings. The third-order valence-corrected chi connectivity index (χ3v) is 6.09. The maximum absolute atomic E-state index is 11.6. The maximum atomic E-state index is 11.6. The lowest BCUT2D eigenvalue weighted by atomic mass is 10.0. The van der Waals surface area contributed by atoms with Crippen LogP contribution in [0, 0.1) is 0 Å². The van der Waals surface area contributed by atoms with Crippen LogP contribution in [0.3, 0.4) is 0 Å². The van der Waals surface area contributed by atoms with Crippen LogP contribution < -0.4 is 0 Å². The van der Waals surface area contributed by atoms with Gasteiger partial charge in [0.15, 0.2) is 11.5 Å². The predicted octanol–water partition coefficient (Wildman–Crippen LogP) is 3.70. The highest BCUT2D eigenvalue weighted by atomic mass is 32.2. The molecule has 0 amide bonds. The van der Waals surface area contributed by atoms with Crippen molar-refractivity contribution in [1.29, 1.82) is 0 Å². The largest absolute Gasteiger partial charge is 0.464 e. The van der Waals surface area contributed by atoms with E-state index in [1.165, 1.54) is 57.5 Å². The van der Waals surface area contributed by atoms with Crippen LogP contribution in [-0.4, -0.2) is 29.1 Å². The van der Waals surface area contributed by atoms with E-state index >= 15 is 0 Å². The fraction of sp³-hybridized carbons (Fsp3) is 0.643. The molecule has 1 aliphatic rings. The molecular formula is C14H19NO3S2. The van der Waals surface area contributed by atoms with Crippen molar-refractivity contribution in [2.24, 2.45) is 0 Å². The molecular weight excluding hydrogens is 294 g/mol. The van der Waals surface area contributed by atoms with Gasteiger partial charge in [0.1, 0.15) is 9.88 Å². The van der Waals surface area contributed by atoms with E-state index in [2.05, 4.69) is 9.72 Å². The summed E-state index contributed by atoms with van der Waals surface area (Å²) < 4.78 is 4.68. The molecule has 1 fully saturated rings. The molecule has 1 aromatic heterocycles. The molecule has 0 aromatic carbocycles. The molecule has 6 heteroatoms. The minimum atomic E-state index is -0.527. The van der Waals surface area contributed by atoms with Gasteiger partial charge < -0.3 is 4.74 Å². The summed E-state index contributed by atoms with van der Waals surface area (Å²) in [5.41, 5.74) is 0.171. The number of aromatic nitrogens is 1. The molecule has 20 heavy (non-hydrogen) atoms. The summed E-state index contributed by atoms with van der Waals surface area (Å²) in [6.45, 7) is 1.46. The van der Waals surface area contributed by atoms with E-state index in [0.717, 1.165) is 10.8 Å². The van der Waals surface area contributed by atoms with Gasteiger partial charge in [-0.1, -0.05) is 19.3 Å². The first-order valence-electron chi connectivity index (χ1n) is 6.82. The summed E-state index contributed by atoms with van der Waals surface area (Å²) in [6, 6.07) is 0. The van der Waals surface area contributed by atoms with Crippen molar-refractivity contribution in [2.45, 2.75) is 50.0 Å². The molecule has 1 heterocycles. The first-order chi connectivity index (χ1) is 9.61. The molecule has 0 atom stereocenters. The molecule has 1 saturated carbocycles. The van der Waals surface area contributed by atoms with E-state index in [0.29, 0.717) is 10.1 Å². The summed E-state index contributed by atoms with van der Waals surface area (Å²) in [5, 5.41) is 1.53. The SMILES string of the molecule is COC(=O)c1nc(CSC2CCCCC2)sc1C(C)=O. The molecule has 0 saturated heterocycles. The number of nitrogens with zero attached hydrogens (tertiary/aromatic N) is 1. The fourth-order valence-electron chi connectivity index (χ4n) is 2.32. The van der Waals surface area contributed by atoms with Crippen molar-refractivity contribution in [1.82, 2.24) is 4.98 Å². The molecule has 0 radical (unpaired) electrons. The van der Waals surface area contributed by atoms with Crippen LogP contribution in [0.5, 0.6) is 0 Å². The number of ether oxygens (including phenoxy) is 1. The lowest BCUT2D eigenvalue weighted by Crippen LogP contribution is -2.08. The van der Waals surface area contributed by atoms with E-state index in [-0.39, 0.29) is 11.5 Å². The van der Waals surface area contributed by atoms with Crippen LogP contribution in [0.4, 0.5) is 0 Å². The molecule has 4 nitrogen and oxygen atoms in total. The molecule has 0 bridgehead atoms. The Morgan fingerprint density at radius 1 is 1.35 bits per heavy atom. The van der Waals surface area contributed by atoms with E-state index in [4.69, 9.17) is 0 Å². The minimum absolute atomic E-state index is 0.128. The Hall–Kier alpha value is -0.880. The van der Waals surface area contributed by atoms with Crippen molar-refractivity contribution in [3.63, 3.8) is 0 Å². The number of Topliss-reactive ketones (excluding diaryl/α,β-unsaturated/α-hetero) is 1. The number of hydrogen-bond acceptors (Lipinski definition) is 6. The zero-order valence-corrected chi connectivity index (χ0v) is 13.4. The van der Waals surface area contributed by atoms with Gasteiger partial charge in [0.2, 0.25) is 0 Å². The predicted molar refractivity (Wildman–Crippen MR) is 81.6 cm³/mol. The Kier molecular flexibility index (Phi) is 5.60. The molecule has 0 N–H and O–H groups in total. The quantitative estimate of drug-likeness (QED) is 0.613. The van der Waals surface area contributed by atoms with Crippen molar-refractivity contribution < 1.29 is 14.3 Å². The van der Waals surface area contributed by atoms with Crippen LogP contribution in [0.15, 0.2) is 0 Å². The highest BCUT2D eigenvalue weighted by Gasteiger charge is 2.22. The fourth-order valence-corrected chi connectivity index (χ4v) is 4.61. The highest BCUT2D eigenvalue weighted by molar-refractivity contribution is 7.99. The van der Waals surface area contributed by atoms with Crippen molar-refractivity contribution in [2.75, 3.05) is 7.11 Å². The summed E-state index contributed by atoms with van der Waals surface area (Å²) in [7, 11) is 1.31. The monoisotopic (exact) mass is 313 g/mol. The Bertz CT molecular complexity index is 493. The molecule has 0 aliphatic heterocycles. The number of thioether (sulfide) groups is 1. The zero-order chi connectivity index (χ0) is 14.5. The maximum Gasteiger partial charge on any atom is 0.358 e. The summed E-state index contributed by atoms with van der Waals surface area (Å²) in [5.74, 6) is 0.115. The number of methoxy groups -OCH3 is 1. The molecule has 110 valence electrons. The lowest BCUT2D eigenvalue weighted by Gasteiger charge is -2.20. The van der Waals surface area contributed by atoms with Crippen LogP contribution in [0.25, 0.3) is 0 Å². The molecule has 0 spiro atoms. The Morgan fingerprint density at radius 3 is 2.65 bits per heavy atom. The number of esters is 1. The molecule has 0 unspecified atom stereocenters. The van der Waals surface area contributed by atoms with Crippen LogP contribution in [0.1, 0.15) is 64.2 Å². The Morgan fingerprint density at radius 2 is 2.05 bits per heavy atom. The second-order valence-corrected chi connectivity index (χ2v) is 7.28. The second kappa shape index (κ2) is 7.22. The van der Waals surface area contributed by atoms with Crippen LogP contribution >= 0.6 is 23.1 Å². The van der Waals surface area contributed by atoms with Gasteiger partial charge in [-0.2, -0.15) is 11.8 Å². The first kappa shape index (κ1) is 15.5. The smallest absolute Gasteiger partial charge is 0.358 e. The van der Waals surface area contributed by atoms with Gasteiger partial charge in [-0.15, -0.1) is 11.3 Å². The number of hydrogen-bond donors (Lipinski definition) is 0.